The Balaban J connectivity index is 2.67. The highest BCUT2D eigenvalue weighted by Crippen LogP contribution is 2.24. The molecule has 0 aromatic heterocycles. The number of carbonyl (C=O) groups is 1. The molecule has 0 spiro atoms. The van der Waals surface area contributed by atoms with Gasteiger partial charge in [0.15, 0.2) is 6.10 Å². The molecule has 0 bridgehead atoms. The fraction of sp³-hybridized carbons (Fsp3) is 0.857. The fourth-order valence-corrected chi connectivity index (χ4v) is 1.26. The van der Waals surface area contributed by atoms with Crippen molar-refractivity contribution < 1.29 is 14.6 Å². The molecule has 0 aromatic rings. The summed E-state index contributed by atoms with van der Waals surface area (Å²) in [6, 6.07) is -0.373. The molecule has 4 nitrogen and oxygen atoms in total. The highest BCUT2D eigenvalue weighted by molar-refractivity contribution is 5.73. The Hall–Kier alpha value is -0.610. The number of rotatable bonds is 1. The summed E-state index contributed by atoms with van der Waals surface area (Å²) in [4.78, 5) is 10.5. The third kappa shape index (κ3) is 1.36. The maximum absolute atomic E-state index is 10.5. The maximum Gasteiger partial charge on any atom is 0.334 e. The molecule has 0 radical (unpaired) electrons. The molecule has 4 atom stereocenters. The minimum atomic E-state index is -0.964. The summed E-state index contributed by atoms with van der Waals surface area (Å²) >= 11 is 0. The van der Waals surface area contributed by atoms with Gasteiger partial charge in [-0.05, 0) is 6.92 Å². The molecule has 0 aromatic carbocycles. The summed E-state index contributed by atoms with van der Waals surface area (Å²) in [5.41, 5.74) is 5.61. The Labute approximate surface area is 65.3 Å². The van der Waals surface area contributed by atoms with E-state index in [0.717, 1.165) is 0 Å². The van der Waals surface area contributed by atoms with Crippen LogP contribution < -0.4 is 5.73 Å². The number of carboxylic acids is 1. The van der Waals surface area contributed by atoms with Gasteiger partial charge in [-0.1, -0.05) is 6.92 Å². The summed E-state index contributed by atoms with van der Waals surface area (Å²) < 4.78 is 5.12. The predicted octanol–water partition coefficient (Wildman–Crippen LogP) is -0.178. The van der Waals surface area contributed by atoms with Crippen LogP contribution in [0.5, 0.6) is 0 Å². The van der Waals surface area contributed by atoms with E-state index in [0.29, 0.717) is 0 Å². The van der Waals surface area contributed by atoms with E-state index in [1.807, 2.05) is 13.8 Å². The lowest BCUT2D eigenvalue weighted by Gasteiger charge is -2.11. The molecule has 4 heteroatoms. The molecule has 1 rings (SSSR count). The van der Waals surface area contributed by atoms with Crippen molar-refractivity contribution in [1.29, 1.82) is 0 Å². The van der Waals surface area contributed by atoms with Gasteiger partial charge >= 0.3 is 5.97 Å². The smallest absolute Gasteiger partial charge is 0.334 e. The Morgan fingerprint density at radius 2 is 2.09 bits per heavy atom. The third-order valence-corrected chi connectivity index (χ3v) is 2.30. The molecular formula is C7H13NO3. The van der Waals surface area contributed by atoms with Crippen LogP contribution in [0.4, 0.5) is 0 Å². The zero-order valence-corrected chi connectivity index (χ0v) is 6.65. The summed E-state index contributed by atoms with van der Waals surface area (Å²) in [6.45, 7) is 3.74. The fourth-order valence-electron chi connectivity index (χ4n) is 1.26. The minimum Gasteiger partial charge on any atom is -0.479 e. The van der Waals surface area contributed by atoms with Crippen LogP contribution in [0.3, 0.4) is 0 Å². The van der Waals surface area contributed by atoms with Gasteiger partial charge in [0.25, 0.3) is 0 Å². The lowest BCUT2D eigenvalue weighted by atomic mass is 9.98. The quantitative estimate of drug-likeness (QED) is 0.556. The average Bonchev–Trinajstić information content (AvgIpc) is 2.17. The van der Waals surface area contributed by atoms with Gasteiger partial charge in [-0.2, -0.15) is 0 Å². The van der Waals surface area contributed by atoms with Crippen molar-refractivity contribution in [3.05, 3.63) is 0 Å². The number of carboxylic acid groups (broad SMARTS) is 1. The first kappa shape index (κ1) is 8.49. The van der Waals surface area contributed by atoms with Crippen molar-refractivity contribution in [2.24, 2.45) is 11.7 Å². The van der Waals surface area contributed by atoms with Crippen molar-refractivity contribution in [2.45, 2.75) is 32.1 Å². The van der Waals surface area contributed by atoms with Crippen LogP contribution in [0.2, 0.25) is 0 Å². The first-order valence-corrected chi connectivity index (χ1v) is 3.68. The second-order valence-corrected chi connectivity index (χ2v) is 3.04. The predicted molar refractivity (Wildman–Crippen MR) is 39.1 cm³/mol. The highest BCUT2D eigenvalue weighted by atomic mass is 16.5. The SMILES string of the molecule is CC1C(N)[C@@H](C(=O)O)O[C@H]1C. The van der Waals surface area contributed by atoms with Crippen LogP contribution in [0.15, 0.2) is 0 Å². The number of aliphatic carboxylic acids is 1. The summed E-state index contributed by atoms with van der Waals surface area (Å²) in [6.07, 6.45) is -0.869. The van der Waals surface area contributed by atoms with Crippen LogP contribution in [0.1, 0.15) is 13.8 Å². The van der Waals surface area contributed by atoms with E-state index in [9.17, 15) is 4.79 Å². The normalized spacial score (nSPS) is 44.3. The highest BCUT2D eigenvalue weighted by Gasteiger charge is 2.41. The molecule has 1 heterocycles. The summed E-state index contributed by atoms with van der Waals surface area (Å²) in [5.74, 6) is -0.843. The second-order valence-electron chi connectivity index (χ2n) is 3.04. The van der Waals surface area contributed by atoms with Crippen molar-refractivity contribution in [2.75, 3.05) is 0 Å². The molecule has 2 unspecified atom stereocenters. The van der Waals surface area contributed by atoms with Crippen molar-refractivity contribution in [3.63, 3.8) is 0 Å². The minimum absolute atomic E-state index is 0.0499. The van der Waals surface area contributed by atoms with E-state index in [2.05, 4.69) is 0 Å². The molecule has 11 heavy (non-hydrogen) atoms. The molecule has 0 saturated carbocycles. The monoisotopic (exact) mass is 159 g/mol. The Kier molecular flexibility index (Phi) is 2.15. The average molecular weight is 159 g/mol. The molecule has 1 aliphatic heterocycles. The second kappa shape index (κ2) is 2.79. The third-order valence-electron chi connectivity index (χ3n) is 2.30. The lowest BCUT2D eigenvalue weighted by Crippen LogP contribution is -2.39. The standard InChI is InChI=1S/C7H13NO3/c1-3-4(2)11-6(5(3)8)7(9)10/h3-6H,8H2,1-2H3,(H,9,10)/t3?,4-,5?,6-/m0/s1. The van der Waals surface area contributed by atoms with Gasteiger partial charge in [-0.3, -0.25) is 0 Å². The van der Waals surface area contributed by atoms with Crippen LogP contribution in [0, 0.1) is 5.92 Å². The Morgan fingerprint density at radius 1 is 1.55 bits per heavy atom. The number of ether oxygens (including phenoxy) is 1. The van der Waals surface area contributed by atoms with E-state index in [1.165, 1.54) is 0 Å². The van der Waals surface area contributed by atoms with Gasteiger partial charge in [-0.15, -0.1) is 0 Å². The van der Waals surface area contributed by atoms with Crippen molar-refractivity contribution in [3.8, 4) is 0 Å². The lowest BCUT2D eigenvalue weighted by molar-refractivity contribution is -0.149. The number of hydrogen-bond acceptors (Lipinski definition) is 3. The van der Waals surface area contributed by atoms with E-state index in [4.69, 9.17) is 15.6 Å². The molecule has 3 N–H and O–H groups in total. The van der Waals surface area contributed by atoms with Crippen LogP contribution >= 0.6 is 0 Å². The van der Waals surface area contributed by atoms with E-state index < -0.39 is 12.1 Å². The van der Waals surface area contributed by atoms with Crippen LogP contribution in [-0.2, 0) is 9.53 Å². The molecule has 1 saturated heterocycles. The van der Waals surface area contributed by atoms with E-state index in [-0.39, 0.29) is 18.1 Å². The van der Waals surface area contributed by atoms with Gasteiger partial charge in [0.1, 0.15) is 0 Å². The van der Waals surface area contributed by atoms with Crippen LogP contribution in [0.25, 0.3) is 0 Å². The first-order valence-electron chi connectivity index (χ1n) is 3.68. The molecule has 1 aliphatic rings. The van der Waals surface area contributed by atoms with Gasteiger partial charge in [0.05, 0.1) is 6.10 Å². The Morgan fingerprint density at radius 3 is 2.27 bits per heavy atom. The molecule has 0 aliphatic carbocycles. The summed E-state index contributed by atoms with van der Waals surface area (Å²) in [5, 5.41) is 8.61. The van der Waals surface area contributed by atoms with Gasteiger partial charge in [-0.25, -0.2) is 4.79 Å². The largest absolute Gasteiger partial charge is 0.479 e. The van der Waals surface area contributed by atoms with E-state index >= 15 is 0 Å². The Bertz CT molecular complexity index is 171. The van der Waals surface area contributed by atoms with Gasteiger partial charge in [0.2, 0.25) is 0 Å². The molecule has 64 valence electrons. The van der Waals surface area contributed by atoms with Gasteiger partial charge < -0.3 is 15.6 Å². The van der Waals surface area contributed by atoms with Crippen LogP contribution in [-0.4, -0.2) is 29.3 Å². The number of hydrogen-bond donors (Lipinski definition) is 2. The maximum atomic E-state index is 10.5. The topological polar surface area (TPSA) is 72.6 Å². The molecule has 0 amide bonds. The zero-order chi connectivity index (χ0) is 8.59. The molecular weight excluding hydrogens is 146 g/mol. The molecule has 1 fully saturated rings. The number of nitrogens with two attached hydrogens (primary N) is 1. The van der Waals surface area contributed by atoms with E-state index in [1.54, 1.807) is 0 Å². The summed E-state index contributed by atoms with van der Waals surface area (Å²) in [7, 11) is 0. The van der Waals surface area contributed by atoms with Crippen molar-refractivity contribution >= 4 is 5.97 Å². The zero-order valence-electron chi connectivity index (χ0n) is 6.65. The van der Waals surface area contributed by atoms with Gasteiger partial charge in [0, 0.05) is 12.0 Å². The first-order chi connectivity index (χ1) is 5.04. The van der Waals surface area contributed by atoms with Crippen molar-refractivity contribution in [1.82, 2.24) is 0 Å².